The number of carbonyl (C=O) groups excluding carboxylic acids is 3. The number of nitrogens with zero attached hydrogens (tertiary/aromatic N) is 2. The Bertz CT molecular complexity index is 1040. The molecule has 0 unspecified atom stereocenters. The molecule has 0 aromatic heterocycles. The molecule has 0 radical (unpaired) electrons. The van der Waals surface area contributed by atoms with E-state index >= 15 is 0 Å². The highest BCUT2D eigenvalue weighted by molar-refractivity contribution is 6.04. The van der Waals surface area contributed by atoms with Crippen LogP contribution in [0.3, 0.4) is 0 Å². The standard InChI is InChI=1S/C22H23N3O7/c1-3-10-32-22(28)14-4-6-16(7-5-14)23-21(27)15-11-20(26)24(13-15)18-9-8-17(25(29)30)12-19(18)31-2/h4-9,12,15H,3,10-11,13H2,1-2H3,(H,23,27)/t15-/m0/s1. The van der Waals surface area contributed by atoms with E-state index in [1.54, 1.807) is 24.3 Å². The zero-order chi connectivity index (χ0) is 23.3. The average Bonchev–Trinajstić information content (AvgIpc) is 3.18. The van der Waals surface area contributed by atoms with E-state index in [0.29, 0.717) is 23.5 Å². The first kappa shape index (κ1) is 22.7. The third-order valence-electron chi connectivity index (χ3n) is 4.99. The van der Waals surface area contributed by atoms with Crippen LogP contribution in [0.25, 0.3) is 0 Å². The number of hydrogen-bond donors (Lipinski definition) is 1. The van der Waals surface area contributed by atoms with Gasteiger partial charge in [-0.1, -0.05) is 6.92 Å². The van der Waals surface area contributed by atoms with Gasteiger partial charge in [0.1, 0.15) is 5.75 Å². The number of nitrogens with one attached hydrogen (secondary N) is 1. The molecule has 0 aliphatic carbocycles. The van der Waals surface area contributed by atoms with Crippen molar-refractivity contribution >= 4 is 34.8 Å². The zero-order valence-corrected chi connectivity index (χ0v) is 17.7. The third-order valence-corrected chi connectivity index (χ3v) is 4.99. The van der Waals surface area contributed by atoms with Crippen molar-refractivity contribution in [2.24, 2.45) is 5.92 Å². The Labute approximate surface area is 184 Å². The lowest BCUT2D eigenvalue weighted by Gasteiger charge is -2.19. The number of esters is 1. The van der Waals surface area contributed by atoms with E-state index in [1.807, 2.05) is 6.92 Å². The van der Waals surface area contributed by atoms with Gasteiger partial charge in [0.15, 0.2) is 0 Å². The van der Waals surface area contributed by atoms with Gasteiger partial charge in [-0.15, -0.1) is 0 Å². The lowest BCUT2D eigenvalue weighted by atomic mass is 10.1. The minimum Gasteiger partial charge on any atom is -0.494 e. The van der Waals surface area contributed by atoms with Crippen molar-refractivity contribution in [1.82, 2.24) is 0 Å². The number of carbonyl (C=O) groups is 3. The number of benzene rings is 2. The van der Waals surface area contributed by atoms with Crippen molar-refractivity contribution in [3.8, 4) is 5.75 Å². The van der Waals surface area contributed by atoms with Crippen molar-refractivity contribution in [3.63, 3.8) is 0 Å². The molecule has 10 heteroatoms. The molecule has 2 aromatic rings. The van der Waals surface area contributed by atoms with Crippen LogP contribution in [0.2, 0.25) is 0 Å². The second kappa shape index (κ2) is 9.90. The monoisotopic (exact) mass is 441 g/mol. The molecule has 1 saturated heterocycles. The zero-order valence-electron chi connectivity index (χ0n) is 17.7. The van der Waals surface area contributed by atoms with Gasteiger partial charge >= 0.3 is 5.97 Å². The summed E-state index contributed by atoms with van der Waals surface area (Å²) >= 11 is 0. The molecule has 168 valence electrons. The Hall–Kier alpha value is -3.95. The molecule has 1 aliphatic heterocycles. The molecule has 2 amide bonds. The lowest BCUT2D eigenvalue weighted by molar-refractivity contribution is -0.384. The Balaban J connectivity index is 1.67. The number of nitro groups is 1. The fraction of sp³-hybridized carbons (Fsp3) is 0.318. The summed E-state index contributed by atoms with van der Waals surface area (Å²) in [5.41, 5.74) is 1.08. The number of ether oxygens (including phenoxy) is 2. The van der Waals surface area contributed by atoms with Gasteiger partial charge < -0.3 is 19.7 Å². The van der Waals surface area contributed by atoms with Crippen LogP contribution >= 0.6 is 0 Å². The van der Waals surface area contributed by atoms with Gasteiger partial charge in [-0.25, -0.2) is 4.79 Å². The number of hydrogen-bond acceptors (Lipinski definition) is 7. The molecule has 1 N–H and O–H groups in total. The minimum atomic E-state index is -0.614. The first-order valence-corrected chi connectivity index (χ1v) is 10.0. The molecule has 0 spiro atoms. The summed E-state index contributed by atoms with van der Waals surface area (Å²) in [6.45, 7) is 2.35. The fourth-order valence-electron chi connectivity index (χ4n) is 3.33. The molecule has 1 aliphatic rings. The van der Waals surface area contributed by atoms with Crippen LogP contribution in [0.15, 0.2) is 42.5 Å². The summed E-state index contributed by atoms with van der Waals surface area (Å²) in [4.78, 5) is 48.9. The maximum atomic E-state index is 12.7. The van der Waals surface area contributed by atoms with Gasteiger partial charge in [0.2, 0.25) is 11.8 Å². The molecule has 1 fully saturated rings. The van der Waals surface area contributed by atoms with E-state index < -0.39 is 16.8 Å². The van der Waals surface area contributed by atoms with Gasteiger partial charge in [-0.05, 0) is 36.8 Å². The van der Waals surface area contributed by atoms with Crippen molar-refractivity contribution in [3.05, 3.63) is 58.1 Å². The minimum absolute atomic E-state index is 0.00655. The maximum absolute atomic E-state index is 12.7. The molecule has 2 aromatic carbocycles. The number of anilines is 2. The van der Waals surface area contributed by atoms with Crippen LogP contribution < -0.4 is 15.0 Å². The Kier molecular flexibility index (Phi) is 7.04. The summed E-state index contributed by atoms with van der Waals surface area (Å²) in [6, 6.07) is 10.3. The molecule has 3 rings (SSSR count). The first-order chi connectivity index (χ1) is 15.3. The fourth-order valence-corrected chi connectivity index (χ4v) is 3.33. The van der Waals surface area contributed by atoms with E-state index in [4.69, 9.17) is 9.47 Å². The van der Waals surface area contributed by atoms with Gasteiger partial charge in [0.25, 0.3) is 5.69 Å². The molecular formula is C22H23N3O7. The van der Waals surface area contributed by atoms with Crippen molar-refractivity contribution in [2.45, 2.75) is 19.8 Å². The second-order valence-corrected chi connectivity index (χ2v) is 7.22. The number of amides is 2. The summed E-state index contributed by atoms with van der Waals surface area (Å²) in [5.74, 6) is -1.50. The van der Waals surface area contributed by atoms with Crippen LogP contribution in [-0.2, 0) is 14.3 Å². The van der Waals surface area contributed by atoms with Crippen LogP contribution in [0, 0.1) is 16.0 Å². The maximum Gasteiger partial charge on any atom is 0.338 e. The highest BCUT2D eigenvalue weighted by Crippen LogP contribution is 2.36. The van der Waals surface area contributed by atoms with E-state index in [0.717, 1.165) is 6.42 Å². The van der Waals surface area contributed by atoms with Crippen LogP contribution in [0.5, 0.6) is 5.75 Å². The smallest absolute Gasteiger partial charge is 0.338 e. The molecule has 0 bridgehead atoms. The van der Waals surface area contributed by atoms with E-state index in [-0.39, 0.29) is 36.2 Å². The molecule has 32 heavy (non-hydrogen) atoms. The number of nitro benzene ring substituents is 1. The Morgan fingerprint density at radius 1 is 1.22 bits per heavy atom. The number of non-ortho nitro benzene ring substituents is 1. The molecule has 1 atom stereocenters. The summed E-state index contributed by atoms with van der Waals surface area (Å²) in [6.07, 6.45) is 0.718. The van der Waals surface area contributed by atoms with E-state index in [2.05, 4.69) is 5.32 Å². The third kappa shape index (κ3) is 5.02. The van der Waals surface area contributed by atoms with E-state index in [1.165, 1.54) is 30.2 Å². The first-order valence-electron chi connectivity index (χ1n) is 10.0. The molecule has 0 saturated carbocycles. The lowest BCUT2D eigenvalue weighted by Crippen LogP contribution is -2.28. The number of methoxy groups -OCH3 is 1. The average molecular weight is 441 g/mol. The topological polar surface area (TPSA) is 128 Å². The van der Waals surface area contributed by atoms with Crippen LogP contribution in [-0.4, -0.2) is 43.0 Å². The molecular weight excluding hydrogens is 418 g/mol. The molecule has 10 nitrogen and oxygen atoms in total. The summed E-state index contributed by atoms with van der Waals surface area (Å²) in [5, 5.41) is 13.7. The van der Waals surface area contributed by atoms with Crippen molar-refractivity contribution in [2.75, 3.05) is 30.5 Å². The van der Waals surface area contributed by atoms with Crippen molar-refractivity contribution in [1.29, 1.82) is 0 Å². The normalized spacial score (nSPS) is 15.4. The van der Waals surface area contributed by atoms with Crippen LogP contribution in [0.4, 0.5) is 17.1 Å². The summed E-state index contributed by atoms with van der Waals surface area (Å²) < 4.78 is 10.3. The molecule has 1 heterocycles. The summed E-state index contributed by atoms with van der Waals surface area (Å²) in [7, 11) is 1.36. The Morgan fingerprint density at radius 2 is 1.94 bits per heavy atom. The van der Waals surface area contributed by atoms with E-state index in [9.17, 15) is 24.5 Å². The van der Waals surface area contributed by atoms with Crippen LogP contribution in [0.1, 0.15) is 30.1 Å². The highest BCUT2D eigenvalue weighted by atomic mass is 16.6. The van der Waals surface area contributed by atoms with Gasteiger partial charge in [-0.2, -0.15) is 0 Å². The second-order valence-electron chi connectivity index (χ2n) is 7.22. The quantitative estimate of drug-likeness (QED) is 0.378. The van der Waals surface area contributed by atoms with Gasteiger partial charge in [0.05, 0.1) is 41.9 Å². The predicted octanol–water partition coefficient (Wildman–Crippen LogP) is 3.16. The highest BCUT2D eigenvalue weighted by Gasteiger charge is 2.36. The van der Waals surface area contributed by atoms with Crippen molar-refractivity contribution < 1.29 is 28.8 Å². The van der Waals surface area contributed by atoms with Gasteiger partial charge in [-0.3, -0.25) is 19.7 Å². The SMILES string of the molecule is CCCOC(=O)c1ccc(NC(=O)[C@H]2CC(=O)N(c3ccc([N+](=O)[O-])cc3OC)C2)cc1. The predicted molar refractivity (Wildman–Crippen MR) is 116 cm³/mol. The Morgan fingerprint density at radius 3 is 2.56 bits per heavy atom. The van der Waals surface area contributed by atoms with Gasteiger partial charge in [0, 0.05) is 24.7 Å². The largest absolute Gasteiger partial charge is 0.494 e. The number of rotatable bonds is 8.